The molecule has 146 valence electrons. The number of aliphatic hydroxyl groups is 1. The molecule has 9 heteroatoms. The Morgan fingerprint density at radius 1 is 1.10 bits per heavy atom. The lowest BCUT2D eigenvalue weighted by Crippen LogP contribution is -2.16. The van der Waals surface area contributed by atoms with E-state index in [0.29, 0.717) is 11.1 Å². The molecule has 0 atom stereocenters. The molecule has 2 aromatic rings. The normalized spacial score (nSPS) is 14.7. The zero-order valence-corrected chi connectivity index (χ0v) is 15.4. The van der Waals surface area contributed by atoms with Crippen LogP contribution in [0.4, 0.5) is 5.69 Å². The van der Waals surface area contributed by atoms with Gasteiger partial charge in [0.25, 0.3) is 11.6 Å². The van der Waals surface area contributed by atoms with E-state index in [1.807, 2.05) is 0 Å². The first-order valence-electron chi connectivity index (χ1n) is 8.38. The number of non-ortho nitro benzene ring substituents is 1. The van der Waals surface area contributed by atoms with Gasteiger partial charge in [0.15, 0.2) is 5.84 Å². The van der Waals surface area contributed by atoms with Crippen LogP contribution in [0.25, 0.3) is 0 Å². The summed E-state index contributed by atoms with van der Waals surface area (Å²) < 4.78 is 4.72. The first-order valence-corrected chi connectivity index (χ1v) is 8.38. The summed E-state index contributed by atoms with van der Waals surface area (Å²) in [4.78, 5) is 43.1. The van der Waals surface area contributed by atoms with Gasteiger partial charge in [-0.05, 0) is 19.1 Å². The van der Waals surface area contributed by atoms with Crippen molar-refractivity contribution in [2.24, 2.45) is 9.98 Å². The van der Waals surface area contributed by atoms with Gasteiger partial charge in [0.1, 0.15) is 11.3 Å². The molecule has 0 radical (unpaired) electrons. The quantitative estimate of drug-likeness (QED) is 0.279. The van der Waals surface area contributed by atoms with Crippen molar-refractivity contribution in [3.8, 4) is 0 Å². The highest BCUT2D eigenvalue weighted by Crippen LogP contribution is 2.26. The predicted molar refractivity (Wildman–Crippen MR) is 104 cm³/mol. The number of rotatable bonds is 4. The smallest absolute Gasteiger partial charge is 0.343 e. The topological polar surface area (TPSA) is 131 Å². The van der Waals surface area contributed by atoms with Crippen LogP contribution < -0.4 is 0 Å². The number of methoxy groups -OCH3 is 1. The Kier molecular flexibility index (Phi) is 5.31. The van der Waals surface area contributed by atoms with Gasteiger partial charge in [0.05, 0.1) is 17.7 Å². The summed E-state index contributed by atoms with van der Waals surface area (Å²) >= 11 is 0. The minimum absolute atomic E-state index is 0.0570. The first kappa shape index (κ1) is 19.6. The second-order valence-corrected chi connectivity index (χ2v) is 6.00. The standard InChI is InChI=1S/C20H15N3O6/c1-11(24)16(20(26)29-2)17-14-5-3-4-6-15(14)18(21-17)22-19(25)12-7-9-13(10-8-12)23(27)28/h3-10,24H,1-2H3/b16-11+,22-18?. The molecule has 0 bridgehead atoms. The molecule has 2 aromatic carbocycles. The molecule has 1 aliphatic heterocycles. The fourth-order valence-electron chi connectivity index (χ4n) is 2.79. The Hall–Kier alpha value is -4.14. The lowest BCUT2D eigenvalue weighted by Gasteiger charge is -2.07. The number of ether oxygens (including phenoxy) is 1. The molecular weight excluding hydrogens is 378 g/mol. The van der Waals surface area contributed by atoms with Crippen molar-refractivity contribution < 1.29 is 24.4 Å². The number of fused-ring (bicyclic) bond motifs is 1. The summed E-state index contributed by atoms with van der Waals surface area (Å²) in [5.41, 5.74) is 1.02. The molecule has 0 saturated carbocycles. The van der Waals surface area contributed by atoms with Gasteiger partial charge in [-0.25, -0.2) is 9.79 Å². The zero-order valence-electron chi connectivity index (χ0n) is 15.4. The Bertz CT molecular complexity index is 1110. The van der Waals surface area contributed by atoms with E-state index in [0.717, 1.165) is 0 Å². The highest BCUT2D eigenvalue weighted by atomic mass is 16.6. The molecule has 29 heavy (non-hydrogen) atoms. The van der Waals surface area contributed by atoms with Crippen molar-refractivity contribution >= 4 is 29.1 Å². The van der Waals surface area contributed by atoms with Gasteiger partial charge in [-0.15, -0.1) is 0 Å². The summed E-state index contributed by atoms with van der Waals surface area (Å²) in [7, 11) is 1.18. The monoisotopic (exact) mass is 393 g/mol. The number of amides is 1. The van der Waals surface area contributed by atoms with Crippen LogP contribution in [-0.2, 0) is 9.53 Å². The molecule has 0 aromatic heterocycles. The van der Waals surface area contributed by atoms with Crippen LogP contribution >= 0.6 is 0 Å². The number of benzene rings is 2. The van der Waals surface area contributed by atoms with Crippen LogP contribution in [0.15, 0.2) is 69.8 Å². The number of esters is 1. The number of aliphatic imine (C=N–C) groups is 2. The van der Waals surface area contributed by atoms with E-state index in [1.165, 1.54) is 38.3 Å². The van der Waals surface area contributed by atoms with E-state index in [2.05, 4.69) is 9.98 Å². The molecule has 0 unspecified atom stereocenters. The Labute approximate surface area is 164 Å². The minimum atomic E-state index is -0.776. The maximum absolute atomic E-state index is 12.5. The molecule has 0 aliphatic carbocycles. The van der Waals surface area contributed by atoms with E-state index in [4.69, 9.17) is 4.74 Å². The Morgan fingerprint density at radius 2 is 1.72 bits per heavy atom. The largest absolute Gasteiger partial charge is 0.512 e. The van der Waals surface area contributed by atoms with Crippen LogP contribution in [-0.4, -0.2) is 40.6 Å². The number of aliphatic hydroxyl groups excluding tert-OH is 1. The highest BCUT2D eigenvalue weighted by Gasteiger charge is 2.30. The minimum Gasteiger partial charge on any atom is -0.512 e. The van der Waals surface area contributed by atoms with Gasteiger partial charge in [-0.3, -0.25) is 14.9 Å². The summed E-state index contributed by atoms with van der Waals surface area (Å²) in [6, 6.07) is 11.8. The highest BCUT2D eigenvalue weighted by molar-refractivity contribution is 6.36. The molecule has 0 spiro atoms. The molecule has 0 saturated heterocycles. The van der Waals surface area contributed by atoms with Crippen molar-refractivity contribution in [3.63, 3.8) is 0 Å². The second-order valence-electron chi connectivity index (χ2n) is 6.00. The van der Waals surface area contributed by atoms with Crippen molar-refractivity contribution in [1.29, 1.82) is 0 Å². The SMILES string of the molecule is COC(=O)/C(C1=NC(=NC(=O)c2ccc([N+](=O)[O-])cc2)c2ccccc21)=C(\C)O. The molecule has 3 rings (SSSR count). The molecule has 9 nitrogen and oxygen atoms in total. The van der Waals surface area contributed by atoms with Crippen molar-refractivity contribution in [2.75, 3.05) is 7.11 Å². The molecule has 1 amide bonds. The Balaban J connectivity index is 2.06. The van der Waals surface area contributed by atoms with E-state index < -0.39 is 16.8 Å². The number of carbonyl (C=O) groups excluding carboxylic acids is 2. The maximum Gasteiger partial charge on any atom is 0.343 e. The first-order chi connectivity index (χ1) is 13.8. The van der Waals surface area contributed by atoms with Crippen LogP contribution in [0.5, 0.6) is 0 Å². The molecule has 1 heterocycles. The molecule has 0 fully saturated rings. The summed E-state index contributed by atoms with van der Waals surface area (Å²) in [5, 5.41) is 20.7. The van der Waals surface area contributed by atoms with E-state index in [9.17, 15) is 24.8 Å². The number of hydrogen-bond acceptors (Lipinski definition) is 6. The fourth-order valence-corrected chi connectivity index (χ4v) is 2.79. The Morgan fingerprint density at radius 3 is 2.28 bits per heavy atom. The summed E-state index contributed by atoms with van der Waals surface area (Å²) in [6.07, 6.45) is 0. The van der Waals surface area contributed by atoms with E-state index in [-0.39, 0.29) is 34.1 Å². The lowest BCUT2D eigenvalue weighted by atomic mass is 9.99. The third-order valence-electron chi connectivity index (χ3n) is 4.16. The van der Waals surface area contributed by atoms with Crippen molar-refractivity contribution in [3.05, 3.63) is 86.7 Å². The predicted octanol–water partition coefficient (Wildman–Crippen LogP) is 2.99. The molecule has 1 aliphatic rings. The fraction of sp³-hybridized carbons (Fsp3) is 0.100. The summed E-state index contributed by atoms with van der Waals surface area (Å²) in [5.74, 6) is -1.66. The maximum atomic E-state index is 12.5. The van der Waals surface area contributed by atoms with E-state index >= 15 is 0 Å². The average molecular weight is 393 g/mol. The number of amidine groups is 1. The second kappa shape index (κ2) is 7.85. The van der Waals surface area contributed by atoms with Crippen LogP contribution in [0.2, 0.25) is 0 Å². The number of nitro benzene ring substituents is 1. The number of hydrogen-bond donors (Lipinski definition) is 1. The van der Waals surface area contributed by atoms with Crippen LogP contribution in [0, 0.1) is 10.1 Å². The number of nitro groups is 1. The average Bonchev–Trinajstić information content (AvgIpc) is 3.06. The van der Waals surface area contributed by atoms with Crippen LogP contribution in [0.3, 0.4) is 0 Å². The van der Waals surface area contributed by atoms with E-state index in [1.54, 1.807) is 24.3 Å². The molecule has 1 N–H and O–H groups in total. The lowest BCUT2D eigenvalue weighted by molar-refractivity contribution is -0.384. The van der Waals surface area contributed by atoms with Gasteiger partial charge in [-0.1, -0.05) is 24.3 Å². The van der Waals surface area contributed by atoms with Gasteiger partial charge in [0, 0.05) is 28.8 Å². The van der Waals surface area contributed by atoms with Gasteiger partial charge in [0.2, 0.25) is 0 Å². The van der Waals surface area contributed by atoms with Crippen molar-refractivity contribution in [1.82, 2.24) is 0 Å². The van der Waals surface area contributed by atoms with Crippen LogP contribution in [0.1, 0.15) is 28.4 Å². The number of allylic oxidation sites excluding steroid dienone is 1. The van der Waals surface area contributed by atoms with Gasteiger partial charge < -0.3 is 9.84 Å². The zero-order chi connectivity index (χ0) is 21.1. The number of carbonyl (C=O) groups is 2. The summed E-state index contributed by atoms with van der Waals surface area (Å²) in [6.45, 7) is 1.33. The van der Waals surface area contributed by atoms with Crippen molar-refractivity contribution in [2.45, 2.75) is 6.92 Å². The third kappa shape index (κ3) is 3.79. The van der Waals surface area contributed by atoms with Gasteiger partial charge >= 0.3 is 5.97 Å². The third-order valence-corrected chi connectivity index (χ3v) is 4.16. The molecular formula is C20H15N3O6. The number of nitrogens with zero attached hydrogens (tertiary/aromatic N) is 3. The van der Waals surface area contributed by atoms with Gasteiger partial charge in [-0.2, -0.15) is 4.99 Å².